The van der Waals surface area contributed by atoms with Gasteiger partial charge in [0.15, 0.2) is 0 Å². The summed E-state index contributed by atoms with van der Waals surface area (Å²) in [6.07, 6.45) is 2.75. The first-order chi connectivity index (χ1) is 9.95. The Labute approximate surface area is 122 Å². The zero-order chi connectivity index (χ0) is 15.4. The van der Waals surface area contributed by atoms with Crippen LogP contribution in [0.2, 0.25) is 0 Å². The summed E-state index contributed by atoms with van der Waals surface area (Å²) in [4.78, 5) is 11.8. The highest BCUT2D eigenvalue weighted by Crippen LogP contribution is 2.22. The van der Waals surface area contributed by atoms with Crippen molar-refractivity contribution in [2.75, 3.05) is 11.1 Å². The van der Waals surface area contributed by atoms with Gasteiger partial charge in [0.05, 0.1) is 0 Å². The molecule has 0 heterocycles. The number of aryl methyl sites for hydroxylation is 1. The van der Waals surface area contributed by atoms with Gasteiger partial charge in [0.1, 0.15) is 11.5 Å². The van der Waals surface area contributed by atoms with E-state index in [-0.39, 0.29) is 17.4 Å². The first-order valence-electron chi connectivity index (χ1n) is 6.33. The van der Waals surface area contributed by atoms with Crippen LogP contribution in [0.5, 0.6) is 11.5 Å². The molecule has 5 nitrogen and oxygen atoms in total. The minimum atomic E-state index is -0.375. The number of benzene rings is 2. The fourth-order valence-electron chi connectivity index (χ4n) is 1.74. The number of carbonyl (C=O) groups is 1. The number of aromatic hydroxyl groups is 2. The van der Waals surface area contributed by atoms with Gasteiger partial charge in [0.25, 0.3) is 0 Å². The van der Waals surface area contributed by atoms with E-state index >= 15 is 0 Å². The molecular weight excluding hydrogens is 268 g/mol. The molecule has 2 aromatic carbocycles. The molecule has 21 heavy (non-hydrogen) atoms. The van der Waals surface area contributed by atoms with E-state index in [4.69, 9.17) is 5.73 Å². The summed E-state index contributed by atoms with van der Waals surface area (Å²) >= 11 is 0. The van der Waals surface area contributed by atoms with Crippen molar-refractivity contribution in [3.63, 3.8) is 0 Å². The third-order valence-electron chi connectivity index (χ3n) is 2.94. The Morgan fingerprint density at radius 1 is 1.14 bits per heavy atom. The molecule has 0 aliphatic heterocycles. The lowest BCUT2D eigenvalue weighted by atomic mass is 10.1. The summed E-state index contributed by atoms with van der Waals surface area (Å²) < 4.78 is 0. The maximum atomic E-state index is 11.8. The Balaban J connectivity index is 2.09. The minimum Gasteiger partial charge on any atom is -0.508 e. The van der Waals surface area contributed by atoms with Crippen molar-refractivity contribution in [2.45, 2.75) is 6.92 Å². The predicted octanol–water partition coefficient (Wildman–Crippen LogP) is 2.64. The van der Waals surface area contributed by atoms with E-state index < -0.39 is 0 Å². The van der Waals surface area contributed by atoms with Crippen LogP contribution in [-0.2, 0) is 4.79 Å². The van der Waals surface area contributed by atoms with Gasteiger partial charge in [-0.2, -0.15) is 0 Å². The summed E-state index contributed by atoms with van der Waals surface area (Å²) in [5.41, 5.74) is 7.79. The van der Waals surface area contributed by atoms with Crippen LogP contribution in [0.4, 0.5) is 11.4 Å². The highest BCUT2D eigenvalue weighted by Gasteiger charge is 2.02. The second-order valence-electron chi connectivity index (χ2n) is 4.64. The number of nitrogen functional groups attached to an aromatic ring is 1. The van der Waals surface area contributed by atoms with Crippen molar-refractivity contribution in [3.8, 4) is 11.5 Å². The van der Waals surface area contributed by atoms with Gasteiger partial charge in [-0.05, 0) is 42.8 Å². The molecule has 2 aromatic rings. The lowest BCUT2D eigenvalue weighted by Crippen LogP contribution is -2.07. The molecule has 0 aliphatic rings. The Hall–Kier alpha value is -2.95. The summed E-state index contributed by atoms with van der Waals surface area (Å²) in [7, 11) is 0. The van der Waals surface area contributed by atoms with Gasteiger partial charge >= 0.3 is 0 Å². The molecule has 0 aromatic heterocycles. The molecule has 0 saturated heterocycles. The van der Waals surface area contributed by atoms with Gasteiger partial charge in [-0.25, -0.2) is 0 Å². The highest BCUT2D eigenvalue weighted by molar-refractivity contribution is 6.02. The standard InChI is InChI=1S/C16H16N2O3/c1-10-2-5-13(9-15(10)20)18-16(21)7-3-11-8-12(17)4-6-14(11)19/h2-9,19-20H,17H2,1H3,(H,18,21)/b7-3+. The first kappa shape index (κ1) is 14.5. The molecule has 0 atom stereocenters. The number of phenols is 2. The number of amides is 1. The second-order valence-corrected chi connectivity index (χ2v) is 4.64. The molecule has 1 amide bonds. The fraction of sp³-hybridized carbons (Fsp3) is 0.0625. The topological polar surface area (TPSA) is 95.6 Å². The van der Waals surface area contributed by atoms with Gasteiger partial charge in [-0.3, -0.25) is 4.79 Å². The van der Waals surface area contributed by atoms with Crippen LogP contribution in [0.25, 0.3) is 6.08 Å². The van der Waals surface area contributed by atoms with Gasteiger partial charge in [-0.1, -0.05) is 6.07 Å². The van der Waals surface area contributed by atoms with Crippen LogP contribution in [0.3, 0.4) is 0 Å². The number of rotatable bonds is 3. The van der Waals surface area contributed by atoms with Crippen LogP contribution < -0.4 is 11.1 Å². The van der Waals surface area contributed by atoms with Gasteiger partial charge < -0.3 is 21.3 Å². The molecule has 0 spiro atoms. The average molecular weight is 284 g/mol. The number of phenolic OH excluding ortho intramolecular Hbond substituents is 2. The molecule has 0 saturated carbocycles. The maximum Gasteiger partial charge on any atom is 0.248 e. The van der Waals surface area contributed by atoms with Crippen molar-refractivity contribution in [2.24, 2.45) is 0 Å². The highest BCUT2D eigenvalue weighted by atomic mass is 16.3. The lowest BCUT2D eigenvalue weighted by Gasteiger charge is -2.05. The maximum absolute atomic E-state index is 11.8. The summed E-state index contributed by atoms with van der Waals surface area (Å²) in [6.45, 7) is 1.77. The van der Waals surface area contributed by atoms with Crippen molar-refractivity contribution >= 4 is 23.4 Å². The van der Waals surface area contributed by atoms with E-state index in [0.717, 1.165) is 5.56 Å². The quantitative estimate of drug-likeness (QED) is 0.396. The smallest absolute Gasteiger partial charge is 0.248 e. The Bertz CT molecular complexity index is 709. The summed E-state index contributed by atoms with van der Waals surface area (Å²) in [6, 6.07) is 9.47. The molecule has 0 aliphatic carbocycles. The van der Waals surface area contributed by atoms with Crippen molar-refractivity contribution in [1.82, 2.24) is 0 Å². The predicted molar refractivity (Wildman–Crippen MR) is 83.0 cm³/mol. The third-order valence-corrected chi connectivity index (χ3v) is 2.94. The largest absolute Gasteiger partial charge is 0.508 e. The number of carbonyl (C=O) groups excluding carboxylic acids is 1. The van der Waals surface area contributed by atoms with E-state index in [0.29, 0.717) is 16.9 Å². The van der Waals surface area contributed by atoms with E-state index in [2.05, 4.69) is 5.32 Å². The van der Waals surface area contributed by atoms with E-state index in [9.17, 15) is 15.0 Å². The molecule has 0 radical (unpaired) electrons. The first-order valence-corrected chi connectivity index (χ1v) is 6.33. The molecular formula is C16H16N2O3. The van der Waals surface area contributed by atoms with Crippen molar-refractivity contribution in [1.29, 1.82) is 0 Å². The van der Waals surface area contributed by atoms with E-state index in [1.165, 1.54) is 24.3 Å². The zero-order valence-corrected chi connectivity index (χ0v) is 11.5. The molecule has 0 unspecified atom stereocenters. The Morgan fingerprint density at radius 2 is 1.90 bits per heavy atom. The molecule has 0 bridgehead atoms. The number of hydrogen-bond acceptors (Lipinski definition) is 4. The van der Waals surface area contributed by atoms with Crippen molar-refractivity contribution < 1.29 is 15.0 Å². The van der Waals surface area contributed by atoms with Crippen molar-refractivity contribution in [3.05, 3.63) is 53.6 Å². The normalized spacial score (nSPS) is 10.7. The van der Waals surface area contributed by atoms with Gasteiger partial charge in [-0.15, -0.1) is 0 Å². The SMILES string of the molecule is Cc1ccc(NC(=O)/C=C/c2cc(N)ccc2O)cc1O. The van der Waals surface area contributed by atoms with Gasteiger partial charge in [0.2, 0.25) is 5.91 Å². The monoisotopic (exact) mass is 284 g/mol. The Morgan fingerprint density at radius 3 is 2.62 bits per heavy atom. The Kier molecular flexibility index (Phi) is 4.13. The second kappa shape index (κ2) is 6.00. The van der Waals surface area contributed by atoms with Crippen LogP contribution in [0.15, 0.2) is 42.5 Å². The van der Waals surface area contributed by atoms with Crippen LogP contribution >= 0.6 is 0 Å². The zero-order valence-electron chi connectivity index (χ0n) is 11.5. The summed E-state index contributed by atoms with van der Waals surface area (Å²) in [5, 5.41) is 21.8. The number of hydrogen-bond donors (Lipinski definition) is 4. The lowest BCUT2D eigenvalue weighted by molar-refractivity contribution is -0.111. The molecule has 0 fully saturated rings. The van der Waals surface area contributed by atoms with Crippen LogP contribution in [-0.4, -0.2) is 16.1 Å². The summed E-state index contributed by atoms with van der Waals surface area (Å²) in [5.74, 6) is -0.216. The molecule has 5 heteroatoms. The molecule has 108 valence electrons. The number of anilines is 2. The van der Waals surface area contributed by atoms with Gasteiger partial charge in [0, 0.05) is 29.1 Å². The third kappa shape index (κ3) is 3.76. The number of nitrogens with one attached hydrogen (secondary N) is 1. The van der Waals surface area contributed by atoms with Crippen LogP contribution in [0.1, 0.15) is 11.1 Å². The minimum absolute atomic E-state index is 0.0428. The molecule has 5 N–H and O–H groups in total. The van der Waals surface area contributed by atoms with E-state index in [1.54, 1.807) is 31.2 Å². The van der Waals surface area contributed by atoms with E-state index in [1.807, 2.05) is 0 Å². The fourth-order valence-corrected chi connectivity index (χ4v) is 1.74. The molecule has 2 rings (SSSR count). The average Bonchev–Trinajstić information content (AvgIpc) is 2.44. The number of nitrogens with two attached hydrogens (primary N) is 1. The van der Waals surface area contributed by atoms with Crippen LogP contribution in [0, 0.1) is 6.92 Å².